The molecule has 0 bridgehead atoms. The molecule has 0 saturated heterocycles. The molecule has 5 N–H and O–H groups in total. The molecule has 0 unspecified atom stereocenters. The lowest BCUT2D eigenvalue weighted by molar-refractivity contribution is 0.132. The van der Waals surface area contributed by atoms with E-state index in [0.29, 0.717) is 22.8 Å². The summed E-state index contributed by atoms with van der Waals surface area (Å²) in [6.07, 6.45) is 0.584. The van der Waals surface area contributed by atoms with E-state index in [4.69, 9.17) is 17.3 Å². The number of hydrogen-bond acceptors (Lipinski definition) is 4. The van der Waals surface area contributed by atoms with E-state index in [2.05, 4.69) is 5.32 Å². The van der Waals surface area contributed by atoms with Crippen LogP contribution in [0.1, 0.15) is 13.3 Å². The maximum Gasteiger partial charge on any atom is 0.0832 e. The van der Waals surface area contributed by atoms with Gasteiger partial charge in [-0.1, -0.05) is 18.5 Å². The second-order valence-electron chi connectivity index (χ2n) is 3.81. The fourth-order valence-corrected chi connectivity index (χ4v) is 1.60. The van der Waals surface area contributed by atoms with Crippen LogP contribution in [0.3, 0.4) is 0 Å². The SMILES string of the molecule is CCC(CO)(CO)Nc1ccc(N)cc1Cl. The zero-order chi connectivity index (χ0) is 12.2. The molecule has 0 radical (unpaired) electrons. The third-order valence-electron chi connectivity index (χ3n) is 2.68. The summed E-state index contributed by atoms with van der Waals surface area (Å²) in [5.74, 6) is 0. The van der Waals surface area contributed by atoms with Gasteiger partial charge in [-0.05, 0) is 24.6 Å². The molecule has 0 heterocycles. The molecule has 0 fully saturated rings. The fraction of sp³-hybridized carbons (Fsp3) is 0.455. The minimum absolute atomic E-state index is 0.166. The third-order valence-corrected chi connectivity index (χ3v) is 2.99. The second kappa shape index (κ2) is 5.39. The number of nitrogens with two attached hydrogens (primary N) is 1. The van der Waals surface area contributed by atoms with Crippen molar-refractivity contribution in [2.45, 2.75) is 18.9 Å². The molecule has 5 heteroatoms. The van der Waals surface area contributed by atoms with Crippen LogP contribution in [0.15, 0.2) is 18.2 Å². The van der Waals surface area contributed by atoms with Crippen molar-refractivity contribution in [2.24, 2.45) is 0 Å². The highest BCUT2D eigenvalue weighted by Crippen LogP contribution is 2.27. The standard InChI is InChI=1S/C11H17ClN2O2/c1-2-11(6-15,7-16)14-10-4-3-8(13)5-9(10)12/h3-5,14-16H,2,6-7,13H2,1H3. The quantitative estimate of drug-likeness (QED) is 0.592. The van der Waals surface area contributed by atoms with Gasteiger partial charge in [0.25, 0.3) is 0 Å². The Balaban J connectivity index is 2.93. The molecule has 0 amide bonds. The Bertz CT molecular complexity index is 346. The summed E-state index contributed by atoms with van der Waals surface area (Å²) in [6.45, 7) is 1.55. The largest absolute Gasteiger partial charge is 0.399 e. The monoisotopic (exact) mass is 244 g/mol. The van der Waals surface area contributed by atoms with Crippen LogP contribution >= 0.6 is 11.6 Å². The van der Waals surface area contributed by atoms with Crippen LogP contribution in [0.4, 0.5) is 11.4 Å². The molecule has 1 aromatic carbocycles. The molecule has 1 rings (SSSR count). The molecular formula is C11H17ClN2O2. The van der Waals surface area contributed by atoms with Gasteiger partial charge in [-0.25, -0.2) is 0 Å². The van der Waals surface area contributed by atoms with Crippen LogP contribution in [0.5, 0.6) is 0 Å². The first-order valence-electron chi connectivity index (χ1n) is 5.12. The van der Waals surface area contributed by atoms with Crippen molar-refractivity contribution in [3.63, 3.8) is 0 Å². The molecule has 4 nitrogen and oxygen atoms in total. The molecule has 0 aliphatic carbocycles. The van der Waals surface area contributed by atoms with Gasteiger partial charge in [0, 0.05) is 5.69 Å². The minimum atomic E-state index is -0.750. The molecule has 0 aliphatic heterocycles. The average Bonchev–Trinajstić information content (AvgIpc) is 2.29. The molecule has 0 aliphatic rings. The summed E-state index contributed by atoms with van der Waals surface area (Å²) in [4.78, 5) is 0. The zero-order valence-electron chi connectivity index (χ0n) is 9.20. The molecular weight excluding hydrogens is 228 g/mol. The van der Waals surface area contributed by atoms with Crippen molar-refractivity contribution in [3.05, 3.63) is 23.2 Å². The van der Waals surface area contributed by atoms with Gasteiger partial charge in [0.05, 0.1) is 29.5 Å². The van der Waals surface area contributed by atoms with Crippen molar-refractivity contribution in [1.29, 1.82) is 0 Å². The van der Waals surface area contributed by atoms with Gasteiger partial charge in [0.2, 0.25) is 0 Å². The topological polar surface area (TPSA) is 78.5 Å². The molecule has 1 aromatic rings. The maximum absolute atomic E-state index is 9.29. The Labute approximate surface area is 100 Å². The van der Waals surface area contributed by atoms with Gasteiger partial charge < -0.3 is 21.3 Å². The number of hydrogen-bond donors (Lipinski definition) is 4. The van der Waals surface area contributed by atoms with Crippen molar-refractivity contribution in [2.75, 3.05) is 24.3 Å². The number of nitrogen functional groups attached to an aromatic ring is 1. The highest BCUT2D eigenvalue weighted by Gasteiger charge is 2.26. The molecule has 0 saturated carbocycles. The van der Waals surface area contributed by atoms with Gasteiger partial charge in [0.1, 0.15) is 0 Å². The molecule has 90 valence electrons. The van der Waals surface area contributed by atoms with Crippen molar-refractivity contribution in [3.8, 4) is 0 Å². The average molecular weight is 245 g/mol. The Kier molecular flexibility index (Phi) is 4.41. The summed E-state index contributed by atoms with van der Waals surface area (Å²) in [7, 11) is 0. The van der Waals surface area contributed by atoms with Crippen LogP contribution in [0.25, 0.3) is 0 Å². The maximum atomic E-state index is 9.29. The van der Waals surface area contributed by atoms with Gasteiger partial charge in [-0.15, -0.1) is 0 Å². The first-order valence-corrected chi connectivity index (χ1v) is 5.49. The first kappa shape index (κ1) is 13.1. The van der Waals surface area contributed by atoms with E-state index in [1.165, 1.54) is 0 Å². The summed E-state index contributed by atoms with van der Waals surface area (Å²) in [5, 5.41) is 22.1. The van der Waals surface area contributed by atoms with Gasteiger partial charge in [-0.3, -0.25) is 0 Å². The van der Waals surface area contributed by atoms with Crippen LogP contribution in [0, 0.1) is 0 Å². The normalized spacial score (nSPS) is 11.5. The highest BCUT2D eigenvalue weighted by atomic mass is 35.5. The Morgan fingerprint density at radius 2 is 2.00 bits per heavy atom. The fourth-order valence-electron chi connectivity index (χ4n) is 1.36. The summed E-state index contributed by atoms with van der Waals surface area (Å²) >= 11 is 6.00. The van der Waals surface area contributed by atoms with Crippen LogP contribution in [-0.4, -0.2) is 29.0 Å². The van der Waals surface area contributed by atoms with Crippen molar-refractivity contribution < 1.29 is 10.2 Å². The lowest BCUT2D eigenvalue weighted by Crippen LogP contribution is -2.45. The first-order chi connectivity index (χ1) is 7.56. The van der Waals surface area contributed by atoms with Crippen LogP contribution < -0.4 is 11.1 Å². The second-order valence-corrected chi connectivity index (χ2v) is 4.22. The highest BCUT2D eigenvalue weighted by molar-refractivity contribution is 6.33. The Hall–Kier alpha value is -0.970. The van der Waals surface area contributed by atoms with E-state index in [-0.39, 0.29) is 13.2 Å². The van der Waals surface area contributed by atoms with Crippen LogP contribution in [0.2, 0.25) is 5.02 Å². The Morgan fingerprint density at radius 1 is 1.38 bits per heavy atom. The number of anilines is 2. The van der Waals surface area contributed by atoms with Gasteiger partial charge in [-0.2, -0.15) is 0 Å². The summed E-state index contributed by atoms with van der Waals surface area (Å²) in [5.41, 5.74) is 6.06. The van der Waals surface area contributed by atoms with E-state index in [9.17, 15) is 10.2 Å². The van der Waals surface area contributed by atoms with E-state index in [1.807, 2.05) is 6.92 Å². The van der Waals surface area contributed by atoms with Crippen LogP contribution in [-0.2, 0) is 0 Å². The smallest absolute Gasteiger partial charge is 0.0832 e. The Morgan fingerprint density at radius 3 is 2.44 bits per heavy atom. The molecule has 0 atom stereocenters. The third kappa shape index (κ3) is 2.78. The molecule has 0 aromatic heterocycles. The number of halogens is 1. The van der Waals surface area contributed by atoms with Crippen molar-refractivity contribution >= 4 is 23.0 Å². The molecule has 0 spiro atoms. The van der Waals surface area contributed by atoms with Gasteiger partial charge >= 0.3 is 0 Å². The summed E-state index contributed by atoms with van der Waals surface area (Å²) < 4.78 is 0. The predicted octanol–water partition coefficient (Wildman–Crippen LogP) is 1.47. The molecule has 16 heavy (non-hydrogen) atoms. The number of benzene rings is 1. The van der Waals surface area contributed by atoms with E-state index in [0.717, 1.165) is 0 Å². The van der Waals surface area contributed by atoms with Gasteiger partial charge in [0.15, 0.2) is 0 Å². The lowest BCUT2D eigenvalue weighted by atomic mass is 9.98. The number of nitrogens with one attached hydrogen (secondary N) is 1. The number of aliphatic hydroxyl groups is 2. The summed E-state index contributed by atoms with van der Waals surface area (Å²) in [6, 6.07) is 5.07. The minimum Gasteiger partial charge on any atom is -0.399 e. The zero-order valence-corrected chi connectivity index (χ0v) is 9.96. The van der Waals surface area contributed by atoms with E-state index >= 15 is 0 Å². The number of aliphatic hydroxyl groups excluding tert-OH is 2. The van der Waals surface area contributed by atoms with Crippen molar-refractivity contribution in [1.82, 2.24) is 0 Å². The predicted molar refractivity (Wildman–Crippen MR) is 66.7 cm³/mol. The van der Waals surface area contributed by atoms with E-state index in [1.54, 1.807) is 18.2 Å². The lowest BCUT2D eigenvalue weighted by Gasteiger charge is -2.31. The number of rotatable bonds is 5. The van der Waals surface area contributed by atoms with E-state index < -0.39 is 5.54 Å².